The van der Waals surface area contributed by atoms with E-state index in [9.17, 15) is 18.0 Å². The SMILES string of the molecule is COc1cc2c(cc1NC(=O)CC(F)(F)F)C[C@H]1C3CCCC[C@@]23CCN1C. The summed E-state index contributed by atoms with van der Waals surface area (Å²) in [4.78, 5) is 14.3. The number of carbonyl (C=O) groups is 1. The van der Waals surface area contributed by atoms with Crippen LogP contribution in [-0.4, -0.2) is 43.7 Å². The third-order valence-electron chi connectivity index (χ3n) is 7.06. The van der Waals surface area contributed by atoms with Gasteiger partial charge in [-0.3, -0.25) is 4.79 Å². The fourth-order valence-corrected chi connectivity index (χ4v) is 5.88. The van der Waals surface area contributed by atoms with Gasteiger partial charge < -0.3 is 15.0 Å². The Kier molecular flexibility index (Phi) is 4.84. The average Bonchev–Trinajstić information content (AvgIpc) is 2.62. The van der Waals surface area contributed by atoms with E-state index >= 15 is 0 Å². The number of ether oxygens (including phenoxy) is 1. The monoisotopic (exact) mass is 396 g/mol. The lowest BCUT2D eigenvalue weighted by molar-refractivity contribution is -0.150. The van der Waals surface area contributed by atoms with Crippen molar-refractivity contribution in [1.82, 2.24) is 4.90 Å². The van der Waals surface area contributed by atoms with Crippen molar-refractivity contribution in [2.75, 3.05) is 26.0 Å². The number of likely N-dealkylation sites (N-methyl/N-ethyl adjacent to an activating group) is 1. The minimum Gasteiger partial charge on any atom is -0.495 e. The first-order chi connectivity index (χ1) is 13.2. The summed E-state index contributed by atoms with van der Waals surface area (Å²) in [6, 6.07) is 4.29. The highest BCUT2D eigenvalue weighted by atomic mass is 19.4. The molecule has 4 nitrogen and oxygen atoms in total. The molecule has 1 heterocycles. The zero-order valence-corrected chi connectivity index (χ0v) is 16.4. The zero-order valence-electron chi connectivity index (χ0n) is 16.4. The molecule has 4 rings (SSSR count). The second-order valence-corrected chi connectivity index (χ2v) is 8.56. The highest BCUT2D eigenvalue weighted by molar-refractivity contribution is 5.93. The smallest absolute Gasteiger partial charge is 0.397 e. The van der Waals surface area contributed by atoms with E-state index in [0.29, 0.717) is 23.4 Å². The lowest BCUT2D eigenvalue weighted by Crippen LogP contribution is -2.59. The van der Waals surface area contributed by atoms with Crippen LogP contribution in [0.15, 0.2) is 12.1 Å². The molecule has 0 radical (unpaired) electrons. The Morgan fingerprint density at radius 3 is 2.82 bits per heavy atom. The second-order valence-electron chi connectivity index (χ2n) is 8.56. The summed E-state index contributed by atoms with van der Waals surface area (Å²) in [7, 11) is 3.67. The molecular weight excluding hydrogens is 369 g/mol. The Morgan fingerprint density at radius 1 is 1.32 bits per heavy atom. The molecule has 1 N–H and O–H groups in total. The maximum absolute atomic E-state index is 12.6. The fraction of sp³-hybridized carbons (Fsp3) is 0.667. The van der Waals surface area contributed by atoms with E-state index in [1.54, 1.807) is 0 Å². The first-order valence-corrected chi connectivity index (χ1v) is 10.0. The zero-order chi connectivity index (χ0) is 20.1. The van der Waals surface area contributed by atoms with Crippen LogP contribution in [0.2, 0.25) is 0 Å². The summed E-state index contributed by atoms with van der Waals surface area (Å²) in [6.07, 6.45) is 0.779. The van der Waals surface area contributed by atoms with Gasteiger partial charge in [-0.25, -0.2) is 0 Å². The number of nitrogens with zero attached hydrogens (tertiary/aromatic N) is 1. The van der Waals surface area contributed by atoms with Gasteiger partial charge in [0.25, 0.3) is 0 Å². The van der Waals surface area contributed by atoms with E-state index in [1.165, 1.54) is 31.9 Å². The largest absolute Gasteiger partial charge is 0.495 e. The molecule has 154 valence electrons. The van der Waals surface area contributed by atoms with Crippen LogP contribution in [0.5, 0.6) is 5.75 Å². The van der Waals surface area contributed by atoms with Gasteiger partial charge in [0.2, 0.25) is 5.91 Å². The highest BCUT2D eigenvalue weighted by Gasteiger charge is 2.53. The van der Waals surface area contributed by atoms with Gasteiger partial charge in [0, 0.05) is 11.5 Å². The number of likely N-dealkylation sites (tertiary alicyclic amines) is 1. The minimum atomic E-state index is -4.53. The number of halogens is 3. The number of hydrogen-bond acceptors (Lipinski definition) is 3. The molecule has 3 aliphatic rings. The van der Waals surface area contributed by atoms with Crippen LogP contribution in [0.4, 0.5) is 18.9 Å². The van der Waals surface area contributed by atoms with Crippen molar-refractivity contribution in [2.45, 2.75) is 62.6 Å². The van der Waals surface area contributed by atoms with E-state index in [2.05, 4.69) is 17.3 Å². The van der Waals surface area contributed by atoms with Crippen LogP contribution in [0.25, 0.3) is 0 Å². The third kappa shape index (κ3) is 3.27. The van der Waals surface area contributed by atoms with Gasteiger partial charge in [0.15, 0.2) is 0 Å². The summed E-state index contributed by atoms with van der Waals surface area (Å²) in [6.45, 7) is 1.06. The first-order valence-electron chi connectivity index (χ1n) is 10.0. The van der Waals surface area contributed by atoms with Crippen molar-refractivity contribution >= 4 is 11.6 Å². The Labute approximate surface area is 163 Å². The van der Waals surface area contributed by atoms with Crippen LogP contribution in [-0.2, 0) is 16.6 Å². The number of amides is 1. The molecule has 1 aromatic rings. The molecule has 7 heteroatoms. The predicted molar refractivity (Wildman–Crippen MR) is 101 cm³/mol. The Bertz CT molecular complexity index is 780. The maximum atomic E-state index is 12.6. The van der Waals surface area contributed by atoms with Crippen molar-refractivity contribution in [3.63, 3.8) is 0 Å². The molecule has 1 amide bonds. The van der Waals surface area contributed by atoms with Gasteiger partial charge in [0.1, 0.15) is 12.2 Å². The molecule has 1 aromatic carbocycles. The molecule has 0 spiro atoms. The summed E-state index contributed by atoms with van der Waals surface area (Å²) in [5.74, 6) is 0.000746. The molecular formula is C21H27F3N2O2. The van der Waals surface area contributed by atoms with Crippen LogP contribution in [0.3, 0.4) is 0 Å². The van der Waals surface area contributed by atoms with Crippen molar-refractivity contribution < 1.29 is 22.7 Å². The Balaban J connectivity index is 1.72. The number of benzene rings is 1. The normalized spacial score (nSPS) is 29.6. The van der Waals surface area contributed by atoms with Gasteiger partial charge in [-0.1, -0.05) is 12.8 Å². The van der Waals surface area contributed by atoms with Gasteiger partial charge in [-0.05, 0) is 68.5 Å². The number of nitrogens with one attached hydrogen (secondary N) is 1. The number of alkyl halides is 3. The first kappa shape index (κ1) is 19.6. The van der Waals surface area contributed by atoms with Crippen molar-refractivity contribution in [3.05, 3.63) is 23.3 Å². The number of carbonyl (C=O) groups excluding carboxylic acids is 1. The third-order valence-corrected chi connectivity index (χ3v) is 7.06. The van der Waals surface area contributed by atoms with Crippen molar-refractivity contribution in [1.29, 1.82) is 0 Å². The van der Waals surface area contributed by atoms with Crippen LogP contribution >= 0.6 is 0 Å². The highest BCUT2D eigenvalue weighted by Crippen LogP contribution is 2.56. The quantitative estimate of drug-likeness (QED) is 0.830. The molecule has 2 aliphatic carbocycles. The number of rotatable bonds is 3. The van der Waals surface area contributed by atoms with E-state index in [1.807, 2.05) is 12.1 Å². The molecule has 0 aromatic heterocycles. The van der Waals surface area contributed by atoms with E-state index in [0.717, 1.165) is 31.4 Å². The standard InChI is InChI=1S/C21H27F3N2O2/c1-26-8-7-20-6-4-3-5-14(20)17(26)10-13-9-16(18(28-2)11-15(13)20)25-19(27)12-21(22,23)24/h9,11,14,17H,3-8,10,12H2,1-2H3,(H,25,27)/t14?,17-,20-/m0/s1. The van der Waals surface area contributed by atoms with E-state index < -0.39 is 18.5 Å². The second kappa shape index (κ2) is 6.94. The summed E-state index contributed by atoms with van der Waals surface area (Å²) >= 11 is 0. The number of anilines is 1. The van der Waals surface area contributed by atoms with E-state index in [4.69, 9.17) is 4.74 Å². The fourth-order valence-electron chi connectivity index (χ4n) is 5.88. The number of methoxy groups -OCH3 is 1. The molecule has 2 fully saturated rings. The van der Waals surface area contributed by atoms with E-state index in [-0.39, 0.29) is 5.41 Å². The average molecular weight is 396 g/mol. The van der Waals surface area contributed by atoms with Crippen LogP contribution in [0.1, 0.15) is 49.7 Å². The summed E-state index contributed by atoms with van der Waals surface area (Å²) < 4.78 is 43.1. The molecule has 1 saturated heterocycles. The van der Waals surface area contributed by atoms with Crippen LogP contribution < -0.4 is 10.1 Å². The van der Waals surface area contributed by atoms with Crippen molar-refractivity contribution in [3.8, 4) is 5.75 Å². The van der Waals surface area contributed by atoms with Gasteiger partial charge in [-0.15, -0.1) is 0 Å². The molecule has 1 unspecified atom stereocenters. The summed E-state index contributed by atoms with van der Waals surface area (Å²) in [5.41, 5.74) is 2.89. The summed E-state index contributed by atoms with van der Waals surface area (Å²) in [5, 5.41) is 2.42. The maximum Gasteiger partial charge on any atom is 0.397 e. The molecule has 28 heavy (non-hydrogen) atoms. The molecule has 1 saturated carbocycles. The van der Waals surface area contributed by atoms with Crippen molar-refractivity contribution in [2.24, 2.45) is 5.92 Å². The Hall–Kier alpha value is -1.76. The number of fused-ring (bicyclic) bond motifs is 1. The molecule has 2 bridgehead atoms. The Morgan fingerprint density at radius 2 is 2.11 bits per heavy atom. The number of hydrogen-bond donors (Lipinski definition) is 1. The minimum absolute atomic E-state index is 0.130. The lowest BCUT2D eigenvalue weighted by Gasteiger charge is -2.58. The molecule has 1 aliphatic heterocycles. The molecule has 3 atom stereocenters. The van der Waals surface area contributed by atoms with Gasteiger partial charge >= 0.3 is 6.18 Å². The topological polar surface area (TPSA) is 41.6 Å². The van der Waals surface area contributed by atoms with Gasteiger partial charge in [0.05, 0.1) is 12.8 Å². The van der Waals surface area contributed by atoms with Crippen LogP contribution in [0, 0.1) is 5.92 Å². The van der Waals surface area contributed by atoms with Gasteiger partial charge in [-0.2, -0.15) is 13.2 Å². The lowest BCUT2D eigenvalue weighted by atomic mass is 9.52. The predicted octanol–water partition coefficient (Wildman–Crippen LogP) is 4.27. The number of piperidine rings is 1.